The van der Waals surface area contributed by atoms with E-state index in [-0.39, 0.29) is 24.2 Å². The van der Waals surface area contributed by atoms with Gasteiger partial charge < -0.3 is 50.7 Å². The first-order chi connectivity index (χ1) is 25.1. The predicted molar refractivity (Wildman–Crippen MR) is 203 cm³/mol. The zero-order valence-electron chi connectivity index (χ0n) is 31.7. The van der Waals surface area contributed by atoms with Crippen molar-refractivity contribution >= 4 is 17.8 Å². The highest BCUT2D eigenvalue weighted by molar-refractivity contribution is 5.80. The molecule has 13 nitrogen and oxygen atoms in total. The van der Waals surface area contributed by atoms with Crippen molar-refractivity contribution in [2.45, 2.75) is 110 Å². The highest BCUT2D eigenvalue weighted by atomic mass is 16.7. The molecule has 0 saturated carbocycles. The maximum absolute atomic E-state index is 12.9. The van der Waals surface area contributed by atoms with Crippen LogP contribution in [-0.2, 0) is 23.9 Å². The number of carboxylic acids is 1. The Hall–Kier alpha value is -3.95. The Kier molecular flexibility index (Phi) is 23.0. The van der Waals surface area contributed by atoms with E-state index in [2.05, 4.69) is 10.6 Å². The summed E-state index contributed by atoms with van der Waals surface area (Å²) in [6.07, 6.45) is 15.7. The Morgan fingerprint density at radius 1 is 0.868 bits per heavy atom. The SMILES string of the molecule is C/C(=C/C=C/C=C/C(C)C(=O)O)NC(=O)CC(O)\C(C)=C/C=C\C=C(C)\C=C\C=C\CCCNC(=O)C(CC(C)C)O[C@@H]1O[C@H](CO)[C@@H](O)[C@H](O)[C@H]1O. The predicted octanol–water partition coefficient (Wildman–Crippen LogP) is 3.28. The third-order valence-corrected chi connectivity index (χ3v) is 8.01. The molecule has 1 aliphatic rings. The molecule has 296 valence electrons. The average Bonchev–Trinajstić information content (AvgIpc) is 3.10. The minimum atomic E-state index is -1.59. The van der Waals surface area contributed by atoms with Crippen LogP contribution >= 0.6 is 0 Å². The number of allylic oxidation sites excluding steroid dienone is 14. The Balaban J connectivity index is 2.47. The smallest absolute Gasteiger partial charge is 0.310 e. The van der Waals surface area contributed by atoms with Gasteiger partial charge in [0.1, 0.15) is 30.5 Å². The fourth-order valence-corrected chi connectivity index (χ4v) is 4.73. The Morgan fingerprint density at radius 2 is 1.55 bits per heavy atom. The van der Waals surface area contributed by atoms with E-state index in [1.54, 1.807) is 63.3 Å². The van der Waals surface area contributed by atoms with Crippen molar-refractivity contribution in [3.8, 4) is 0 Å². The first-order valence-electron chi connectivity index (χ1n) is 17.9. The van der Waals surface area contributed by atoms with E-state index in [4.69, 9.17) is 14.6 Å². The van der Waals surface area contributed by atoms with Crippen LogP contribution in [0.2, 0.25) is 0 Å². The van der Waals surface area contributed by atoms with Crippen LogP contribution in [0, 0.1) is 11.8 Å². The van der Waals surface area contributed by atoms with Crippen LogP contribution in [0.25, 0.3) is 0 Å². The van der Waals surface area contributed by atoms with Crippen LogP contribution in [0.3, 0.4) is 0 Å². The number of hydrogen-bond donors (Lipinski definition) is 8. The second kappa shape index (κ2) is 25.9. The van der Waals surface area contributed by atoms with Gasteiger partial charge in [-0.05, 0) is 64.5 Å². The zero-order chi connectivity index (χ0) is 39.9. The first kappa shape index (κ1) is 47.1. The molecule has 1 rings (SSSR count). The maximum Gasteiger partial charge on any atom is 0.310 e. The fourth-order valence-electron chi connectivity index (χ4n) is 4.73. The second-order valence-electron chi connectivity index (χ2n) is 13.4. The number of nitrogens with one attached hydrogen (secondary N) is 2. The van der Waals surface area contributed by atoms with E-state index < -0.39 is 61.4 Å². The van der Waals surface area contributed by atoms with Gasteiger partial charge in [-0.15, -0.1) is 0 Å². The number of aliphatic hydroxyl groups excluding tert-OH is 5. The molecule has 13 heteroatoms. The number of hydrogen-bond acceptors (Lipinski definition) is 10. The third kappa shape index (κ3) is 19.6. The van der Waals surface area contributed by atoms with Gasteiger partial charge in [-0.25, -0.2) is 0 Å². The molecule has 1 saturated heterocycles. The quantitative estimate of drug-likeness (QED) is 0.0595. The third-order valence-electron chi connectivity index (χ3n) is 8.01. The van der Waals surface area contributed by atoms with Crippen molar-refractivity contribution < 1.29 is 54.5 Å². The van der Waals surface area contributed by atoms with Crippen LogP contribution in [0.4, 0.5) is 0 Å². The van der Waals surface area contributed by atoms with Gasteiger partial charge in [-0.2, -0.15) is 0 Å². The zero-order valence-corrected chi connectivity index (χ0v) is 31.7. The summed E-state index contributed by atoms with van der Waals surface area (Å²) >= 11 is 0. The van der Waals surface area contributed by atoms with Gasteiger partial charge in [-0.3, -0.25) is 14.4 Å². The number of aliphatic carboxylic acids is 1. The Bertz CT molecular complexity index is 1390. The number of ether oxygens (including phenoxy) is 2. The number of carboxylic acid groups (broad SMARTS) is 1. The number of rotatable bonds is 22. The summed E-state index contributed by atoms with van der Waals surface area (Å²) in [5.74, 6) is -2.13. The van der Waals surface area contributed by atoms with Gasteiger partial charge in [0, 0.05) is 12.2 Å². The number of amides is 2. The van der Waals surface area contributed by atoms with Crippen molar-refractivity contribution in [2.24, 2.45) is 11.8 Å². The van der Waals surface area contributed by atoms with Crippen molar-refractivity contribution in [3.05, 3.63) is 95.8 Å². The lowest BCUT2D eigenvalue weighted by molar-refractivity contribution is -0.309. The summed E-state index contributed by atoms with van der Waals surface area (Å²) in [4.78, 5) is 36.0. The van der Waals surface area contributed by atoms with Crippen LogP contribution < -0.4 is 10.6 Å². The van der Waals surface area contributed by atoms with E-state index in [1.807, 2.05) is 57.2 Å². The molecule has 0 aromatic rings. The largest absolute Gasteiger partial charge is 0.481 e. The normalized spacial score (nSPS) is 23.8. The van der Waals surface area contributed by atoms with E-state index >= 15 is 0 Å². The minimum Gasteiger partial charge on any atom is -0.481 e. The lowest BCUT2D eigenvalue weighted by atomic mass is 9.99. The molecule has 1 fully saturated rings. The summed E-state index contributed by atoms with van der Waals surface area (Å²) in [5.41, 5.74) is 2.21. The molecule has 3 unspecified atom stereocenters. The highest BCUT2D eigenvalue weighted by Gasteiger charge is 2.45. The van der Waals surface area contributed by atoms with Crippen LogP contribution in [0.5, 0.6) is 0 Å². The summed E-state index contributed by atoms with van der Waals surface area (Å²) in [7, 11) is 0. The monoisotopic (exact) mass is 744 g/mol. The van der Waals surface area contributed by atoms with Gasteiger partial charge in [0.25, 0.3) is 0 Å². The van der Waals surface area contributed by atoms with E-state index in [9.17, 15) is 39.9 Å². The van der Waals surface area contributed by atoms with E-state index in [0.29, 0.717) is 37.1 Å². The van der Waals surface area contributed by atoms with Crippen LogP contribution in [0.1, 0.15) is 67.2 Å². The van der Waals surface area contributed by atoms with Gasteiger partial charge in [0.2, 0.25) is 11.8 Å². The number of aliphatic hydroxyl groups is 5. The van der Waals surface area contributed by atoms with Gasteiger partial charge in [-0.1, -0.05) is 92.3 Å². The Morgan fingerprint density at radius 3 is 2.21 bits per heavy atom. The van der Waals surface area contributed by atoms with E-state index in [0.717, 1.165) is 5.57 Å². The molecule has 1 aliphatic heterocycles. The number of carbonyl (C=O) groups is 3. The van der Waals surface area contributed by atoms with Crippen molar-refractivity contribution in [1.82, 2.24) is 10.6 Å². The van der Waals surface area contributed by atoms with Crippen molar-refractivity contribution in [1.29, 1.82) is 0 Å². The van der Waals surface area contributed by atoms with Gasteiger partial charge in [0.15, 0.2) is 6.29 Å². The number of unbranched alkanes of at least 4 members (excludes halogenated alkanes) is 1. The molecule has 0 aromatic heterocycles. The van der Waals surface area contributed by atoms with Crippen molar-refractivity contribution in [2.75, 3.05) is 13.2 Å². The summed E-state index contributed by atoms with van der Waals surface area (Å²) < 4.78 is 11.1. The van der Waals surface area contributed by atoms with Gasteiger partial charge >= 0.3 is 5.97 Å². The van der Waals surface area contributed by atoms with Crippen molar-refractivity contribution in [3.63, 3.8) is 0 Å². The summed E-state index contributed by atoms with van der Waals surface area (Å²) in [5, 5.41) is 64.5. The molecule has 8 atom stereocenters. The number of carbonyl (C=O) groups excluding carboxylic acids is 2. The summed E-state index contributed by atoms with van der Waals surface area (Å²) in [6.45, 7) is 10.6. The fraction of sp³-hybridized carbons (Fsp3) is 0.525. The molecular weight excluding hydrogens is 684 g/mol. The molecule has 2 amide bonds. The molecule has 0 spiro atoms. The van der Waals surface area contributed by atoms with Crippen LogP contribution in [0.15, 0.2) is 95.8 Å². The minimum absolute atomic E-state index is 0.0818. The van der Waals surface area contributed by atoms with E-state index in [1.165, 1.54) is 0 Å². The van der Waals surface area contributed by atoms with Gasteiger partial charge in [0.05, 0.1) is 25.0 Å². The average molecular weight is 745 g/mol. The lowest BCUT2D eigenvalue weighted by Crippen LogP contribution is -2.60. The molecular formula is C40H60N2O11. The molecule has 0 aromatic carbocycles. The molecule has 53 heavy (non-hydrogen) atoms. The standard InChI is InChI=1S/C40H60N2O11/c1-26(2)23-32(52-40-37(48)36(47)35(46)33(25-43)53-40)38(49)41-22-16-9-7-8-11-17-27(3)18-14-15-19-28(4)31(44)24-34(45)42-30(6)21-13-10-12-20-29(5)39(50)51/h7-8,10-15,17-21,26,29,31-33,35-37,40,43-44,46-48H,9,16,22-25H2,1-6H3,(H,41,49)(H,42,45)(H,50,51)/b8-7+,13-10+,15-14-,17-11+,20-12+,27-18+,28-19-,30-21-/t29?,31?,32?,33-,35-,36+,37-,40-/m1/s1. The van der Waals surface area contributed by atoms with Crippen LogP contribution in [-0.4, -0.2) is 104 Å². The molecule has 0 bridgehead atoms. The molecule has 0 aliphatic carbocycles. The maximum atomic E-state index is 12.9. The Labute approximate surface area is 313 Å². The summed E-state index contributed by atoms with van der Waals surface area (Å²) in [6, 6.07) is 0. The molecule has 1 heterocycles. The molecule has 8 N–H and O–H groups in total. The lowest BCUT2D eigenvalue weighted by Gasteiger charge is -2.40. The second-order valence-corrected chi connectivity index (χ2v) is 13.4. The topological polar surface area (TPSA) is 215 Å². The molecule has 0 radical (unpaired) electrons. The first-order valence-corrected chi connectivity index (χ1v) is 17.9. The highest BCUT2D eigenvalue weighted by Crippen LogP contribution is 2.24.